The normalized spacial score (nSPS) is 16.1. The second-order valence-corrected chi connectivity index (χ2v) is 8.93. The van der Waals surface area contributed by atoms with Crippen molar-refractivity contribution in [2.75, 3.05) is 24.5 Å². The largest absolute Gasteiger partial charge is 0.460 e. The van der Waals surface area contributed by atoms with Crippen LogP contribution in [0.2, 0.25) is 5.02 Å². The van der Waals surface area contributed by atoms with E-state index >= 15 is 0 Å². The predicted octanol–water partition coefficient (Wildman–Crippen LogP) is 5.66. The van der Waals surface area contributed by atoms with Crippen LogP contribution in [-0.4, -0.2) is 47.6 Å². The van der Waals surface area contributed by atoms with Crippen LogP contribution >= 0.6 is 11.6 Å². The molecule has 1 aliphatic rings. The van der Waals surface area contributed by atoms with E-state index in [1.54, 1.807) is 18.3 Å². The number of hydrogen-bond donors (Lipinski definition) is 0. The minimum absolute atomic E-state index is 0.170. The van der Waals surface area contributed by atoms with Gasteiger partial charge in [0.2, 0.25) is 0 Å². The lowest BCUT2D eigenvalue weighted by molar-refractivity contribution is 0.0378. The standard InChI is InChI=1S/C26H30ClN3O3/c1-4-29(17-20-11-12-24(33-20)21-8-5-6-10-23(21)27)19-13-15-30(16-19)25-22(9-7-14-28-25)26(31)32-18(2)3/h5-12,14,18-19H,4,13,15-17H2,1-3H3. The lowest BCUT2D eigenvalue weighted by atomic mass is 10.2. The number of pyridine rings is 1. The highest BCUT2D eigenvalue weighted by molar-refractivity contribution is 6.33. The molecule has 1 aromatic carbocycles. The Kier molecular flexibility index (Phi) is 7.36. The van der Waals surface area contributed by atoms with E-state index in [9.17, 15) is 4.79 Å². The number of rotatable bonds is 8. The highest BCUT2D eigenvalue weighted by atomic mass is 35.5. The lowest BCUT2D eigenvalue weighted by Gasteiger charge is -2.27. The van der Waals surface area contributed by atoms with E-state index in [2.05, 4.69) is 21.7 Å². The van der Waals surface area contributed by atoms with Crippen molar-refractivity contribution in [3.8, 4) is 11.3 Å². The number of benzene rings is 1. The Morgan fingerprint density at radius 3 is 2.82 bits per heavy atom. The Balaban J connectivity index is 1.45. The highest BCUT2D eigenvalue weighted by Crippen LogP contribution is 2.30. The summed E-state index contributed by atoms with van der Waals surface area (Å²) in [6.45, 7) is 9.10. The van der Waals surface area contributed by atoms with Crippen LogP contribution in [0, 0.1) is 0 Å². The van der Waals surface area contributed by atoms with Gasteiger partial charge in [-0.3, -0.25) is 4.90 Å². The van der Waals surface area contributed by atoms with Crippen LogP contribution in [0.3, 0.4) is 0 Å². The molecule has 174 valence electrons. The average Bonchev–Trinajstić information content (AvgIpc) is 3.47. The number of aromatic nitrogens is 1. The number of carbonyl (C=O) groups is 1. The molecule has 3 heterocycles. The van der Waals surface area contributed by atoms with Gasteiger partial charge in [0, 0.05) is 30.9 Å². The van der Waals surface area contributed by atoms with Gasteiger partial charge in [0.15, 0.2) is 0 Å². The van der Waals surface area contributed by atoms with Gasteiger partial charge in [-0.15, -0.1) is 0 Å². The maximum Gasteiger partial charge on any atom is 0.342 e. The van der Waals surface area contributed by atoms with Crippen LogP contribution < -0.4 is 4.90 Å². The van der Waals surface area contributed by atoms with Crippen molar-refractivity contribution < 1.29 is 13.9 Å². The molecule has 33 heavy (non-hydrogen) atoms. The molecule has 7 heteroatoms. The molecule has 0 radical (unpaired) electrons. The average molecular weight is 468 g/mol. The number of halogens is 1. The summed E-state index contributed by atoms with van der Waals surface area (Å²) >= 11 is 6.33. The SMILES string of the molecule is CCN(Cc1ccc(-c2ccccc2Cl)o1)C1CCN(c2ncccc2C(=O)OC(C)C)C1. The summed E-state index contributed by atoms with van der Waals surface area (Å²) in [5.74, 6) is 2.05. The van der Waals surface area contributed by atoms with E-state index in [1.807, 2.05) is 50.2 Å². The van der Waals surface area contributed by atoms with Gasteiger partial charge >= 0.3 is 5.97 Å². The molecule has 1 unspecified atom stereocenters. The Morgan fingerprint density at radius 2 is 2.06 bits per heavy atom. The van der Waals surface area contributed by atoms with Crippen LogP contribution in [0.4, 0.5) is 5.82 Å². The Morgan fingerprint density at radius 1 is 1.24 bits per heavy atom. The number of esters is 1. The van der Waals surface area contributed by atoms with E-state index in [0.29, 0.717) is 29.0 Å². The third-order valence-corrected chi connectivity index (χ3v) is 6.22. The molecule has 0 bridgehead atoms. The summed E-state index contributed by atoms with van der Waals surface area (Å²) in [5.41, 5.74) is 1.42. The molecule has 3 aromatic rings. The van der Waals surface area contributed by atoms with Crippen molar-refractivity contribution in [3.05, 3.63) is 71.1 Å². The van der Waals surface area contributed by atoms with Crippen molar-refractivity contribution >= 4 is 23.4 Å². The maximum absolute atomic E-state index is 12.6. The first kappa shape index (κ1) is 23.3. The van der Waals surface area contributed by atoms with Crippen LogP contribution in [0.15, 0.2) is 59.1 Å². The number of furan rings is 1. The van der Waals surface area contributed by atoms with Gasteiger partial charge in [-0.2, -0.15) is 0 Å². The number of ether oxygens (including phenoxy) is 1. The van der Waals surface area contributed by atoms with Gasteiger partial charge in [-0.05, 0) is 63.2 Å². The Labute approximate surface area is 200 Å². The Hall–Kier alpha value is -2.83. The molecule has 4 rings (SSSR count). The summed E-state index contributed by atoms with van der Waals surface area (Å²) in [6, 6.07) is 15.6. The fourth-order valence-electron chi connectivity index (χ4n) is 4.29. The zero-order chi connectivity index (χ0) is 23.4. The number of likely N-dealkylation sites (N-methyl/N-ethyl adjacent to an activating group) is 1. The van der Waals surface area contributed by atoms with Crippen molar-refractivity contribution in [2.24, 2.45) is 0 Å². The summed E-state index contributed by atoms with van der Waals surface area (Å²) in [5, 5.41) is 0.680. The number of nitrogens with zero attached hydrogens (tertiary/aromatic N) is 3. The van der Waals surface area contributed by atoms with E-state index < -0.39 is 0 Å². The van der Waals surface area contributed by atoms with E-state index in [0.717, 1.165) is 43.1 Å². The molecule has 2 aromatic heterocycles. The summed E-state index contributed by atoms with van der Waals surface area (Å²) in [7, 11) is 0. The van der Waals surface area contributed by atoms with Crippen LogP contribution in [0.1, 0.15) is 43.3 Å². The molecule has 1 atom stereocenters. The minimum Gasteiger partial charge on any atom is -0.460 e. The van der Waals surface area contributed by atoms with Crippen molar-refractivity contribution in [3.63, 3.8) is 0 Å². The first-order chi connectivity index (χ1) is 16.0. The molecule has 0 aliphatic carbocycles. The minimum atomic E-state index is -0.327. The lowest BCUT2D eigenvalue weighted by Crippen LogP contribution is -2.37. The number of hydrogen-bond acceptors (Lipinski definition) is 6. The quantitative estimate of drug-likeness (QED) is 0.398. The molecule has 0 saturated carbocycles. The fraction of sp³-hybridized carbons (Fsp3) is 0.385. The third-order valence-electron chi connectivity index (χ3n) is 5.89. The molecular formula is C26H30ClN3O3. The van der Waals surface area contributed by atoms with Crippen molar-refractivity contribution in [1.29, 1.82) is 0 Å². The second-order valence-electron chi connectivity index (χ2n) is 8.53. The molecule has 1 saturated heterocycles. The second kappa shape index (κ2) is 10.4. The van der Waals surface area contributed by atoms with Crippen molar-refractivity contribution in [1.82, 2.24) is 9.88 Å². The number of anilines is 1. The third kappa shape index (κ3) is 5.40. The van der Waals surface area contributed by atoms with Gasteiger partial charge in [0.1, 0.15) is 22.9 Å². The monoisotopic (exact) mass is 467 g/mol. The maximum atomic E-state index is 12.6. The molecule has 6 nitrogen and oxygen atoms in total. The topological polar surface area (TPSA) is 58.8 Å². The summed E-state index contributed by atoms with van der Waals surface area (Å²) < 4.78 is 11.5. The fourth-order valence-corrected chi connectivity index (χ4v) is 4.51. The van der Waals surface area contributed by atoms with Gasteiger partial charge in [-0.25, -0.2) is 9.78 Å². The van der Waals surface area contributed by atoms with Crippen molar-refractivity contribution in [2.45, 2.75) is 45.9 Å². The van der Waals surface area contributed by atoms with Gasteiger partial charge in [0.25, 0.3) is 0 Å². The Bertz CT molecular complexity index is 1100. The van der Waals surface area contributed by atoms with Crippen LogP contribution in [0.5, 0.6) is 0 Å². The predicted molar refractivity (Wildman–Crippen MR) is 131 cm³/mol. The van der Waals surface area contributed by atoms with E-state index in [1.165, 1.54) is 0 Å². The van der Waals surface area contributed by atoms with Gasteiger partial charge in [0.05, 0.1) is 17.7 Å². The molecule has 1 fully saturated rings. The zero-order valence-electron chi connectivity index (χ0n) is 19.3. The molecule has 0 spiro atoms. The molecule has 0 N–H and O–H groups in total. The highest BCUT2D eigenvalue weighted by Gasteiger charge is 2.31. The van der Waals surface area contributed by atoms with Gasteiger partial charge < -0.3 is 14.1 Å². The first-order valence-electron chi connectivity index (χ1n) is 11.4. The van der Waals surface area contributed by atoms with E-state index in [-0.39, 0.29) is 12.1 Å². The van der Waals surface area contributed by atoms with Crippen LogP contribution in [-0.2, 0) is 11.3 Å². The molecular weight excluding hydrogens is 438 g/mol. The molecule has 0 amide bonds. The first-order valence-corrected chi connectivity index (χ1v) is 11.8. The molecule has 1 aliphatic heterocycles. The van der Waals surface area contributed by atoms with E-state index in [4.69, 9.17) is 20.8 Å². The van der Waals surface area contributed by atoms with Gasteiger partial charge in [-0.1, -0.05) is 30.7 Å². The summed E-state index contributed by atoms with van der Waals surface area (Å²) in [6.07, 6.45) is 2.54. The summed E-state index contributed by atoms with van der Waals surface area (Å²) in [4.78, 5) is 21.7. The van der Waals surface area contributed by atoms with Crippen LogP contribution in [0.25, 0.3) is 11.3 Å². The smallest absolute Gasteiger partial charge is 0.342 e. The zero-order valence-corrected chi connectivity index (χ0v) is 20.1. The number of carbonyl (C=O) groups excluding carboxylic acids is 1.